The summed E-state index contributed by atoms with van der Waals surface area (Å²) >= 11 is 0. The third-order valence-electron chi connectivity index (χ3n) is 16.7. The number of carbonyl (C=O) groups is 2. The third-order valence-corrected chi connectivity index (χ3v) is 16.7. The van der Waals surface area contributed by atoms with Gasteiger partial charge in [-0.25, -0.2) is 4.79 Å². The Bertz CT molecular complexity index is 1550. The van der Waals surface area contributed by atoms with Crippen LogP contribution in [0.1, 0.15) is 128 Å². The Morgan fingerprint density at radius 3 is 2.38 bits per heavy atom. The van der Waals surface area contributed by atoms with E-state index >= 15 is 0 Å². The number of benzene rings is 1. The van der Waals surface area contributed by atoms with Crippen LogP contribution in [0.3, 0.4) is 0 Å². The number of carboxylic acid groups (broad SMARTS) is 1. The number of likely N-dealkylation sites (tertiary alicyclic amines) is 1. The van der Waals surface area contributed by atoms with E-state index in [4.69, 9.17) is 0 Å². The van der Waals surface area contributed by atoms with Gasteiger partial charge in [-0.15, -0.1) is 0 Å². The zero-order chi connectivity index (χ0) is 35.9. The van der Waals surface area contributed by atoms with Gasteiger partial charge in [0.05, 0.1) is 11.7 Å². The summed E-state index contributed by atoms with van der Waals surface area (Å²) in [5.41, 5.74) is 5.28. The van der Waals surface area contributed by atoms with Crippen LogP contribution >= 0.6 is 0 Å². The van der Waals surface area contributed by atoms with Gasteiger partial charge in [0.1, 0.15) is 0 Å². The number of nitrogens with zero attached hydrogens (tertiary/aromatic N) is 1. The largest absolute Gasteiger partial charge is 0.478 e. The minimum atomic E-state index is -0.870. The normalized spacial score (nSPS) is 41.0. The molecule has 5 fully saturated rings. The Kier molecular flexibility index (Phi) is 9.06. The minimum absolute atomic E-state index is 0.00728. The topological polar surface area (TPSA) is 89.9 Å². The lowest BCUT2D eigenvalue weighted by Gasteiger charge is -2.72. The number of β-amino-alcohol motifs (C(OH)–C–C–N with tert-alkyl or cyclic N) is 1. The van der Waals surface area contributed by atoms with Crippen LogP contribution < -0.4 is 5.32 Å². The summed E-state index contributed by atoms with van der Waals surface area (Å²) < 4.78 is 0. The predicted molar refractivity (Wildman–Crippen MR) is 200 cm³/mol. The van der Waals surface area contributed by atoms with Gasteiger partial charge >= 0.3 is 5.97 Å². The summed E-state index contributed by atoms with van der Waals surface area (Å²) in [5.74, 6) is 2.41. The van der Waals surface area contributed by atoms with Crippen molar-refractivity contribution in [2.75, 3.05) is 26.2 Å². The highest BCUT2D eigenvalue weighted by atomic mass is 16.4. The van der Waals surface area contributed by atoms with Crippen molar-refractivity contribution < 1.29 is 19.8 Å². The molecule has 1 amide bonds. The van der Waals surface area contributed by atoms with Gasteiger partial charge < -0.3 is 20.4 Å². The maximum absolute atomic E-state index is 12.2. The van der Waals surface area contributed by atoms with Gasteiger partial charge in [-0.05, 0) is 151 Å². The Labute approximate surface area is 301 Å². The first-order chi connectivity index (χ1) is 23.6. The molecule has 0 spiro atoms. The number of rotatable bonds is 9. The van der Waals surface area contributed by atoms with E-state index in [1.54, 1.807) is 12.1 Å². The average molecular weight is 685 g/mol. The van der Waals surface area contributed by atoms with E-state index in [0.29, 0.717) is 54.7 Å². The molecule has 274 valence electrons. The number of hydrogen-bond donors (Lipinski definition) is 3. The molecular formula is C44H64N2O4. The van der Waals surface area contributed by atoms with Crippen molar-refractivity contribution in [3.8, 4) is 0 Å². The van der Waals surface area contributed by atoms with Crippen molar-refractivity contribution in [3.63, 3.8) is 0 Å². The van der Waals surface area contributed by atoms with Crippen molar-refractivity contribution in [2.45, 2.75) is 118 Å². The minimum Gasteiger partial charge on any atom is -0.478 e. The Morgan fingerprint density at radius 2 is 1.72 bits per heavy atom. The number of hydrogen-bond acceptors (Lipinski definition) is 4. The maximum Gasteiger partial charge on any atom is 0.335 e. The highest BCUT2D eigenvalue weighted by molar-refractivity contribution is 5.88. The van der Waals surface area contributed by atoms with Crippen LogP contribution in [0, 0.1) is 56.7 Å². The van der Waals surface area contributed by atoms with E-state index in [2.05, 4.69) is 59.5 Å². The van der Waals surface area contributed by atoms with E-state index in [1.165, 1.54) is 68.1 Å². The number of aromatic carboxylic acids is 1. The van der Waals surface area contributed by atoms with Gasteiger partial charge in [0.2, 0.25) is 5.91 Å². The van der Waals surface area contributed by atoms with Crippen molar-refractivity contribution in [1.82, 2.24) is 10.2 Å². The number of carboxylic acids is 1. The number of aliphatic hydroxyl groups is 1. The zero-order valence-corrected chi connectivity index (χ0v) is 31.8. The maximum atomic E-state index is 12.2. The van der Waals surface area contributed by atoms with Gasteiger partial charge in [-0.3, -0.25) is 4.79 Å². The average Bonchev–Trinajstić information content (AvgIpc) is 3.64. The van der Waals surface area contributed by atoms with E-state index < -0.39 is 12.1 Å². The van der Waals surface area contributed by atoms with Gasteiger partial charge in [0, 0.05) is 32.6 Å². The molecule has 0 bridgehead atoms. The molecule has 0 radical (unpaired) electrons. The first kappa shape index (κ1) is 35.9. The van der Waals surface area contributed by atoms with Crippen LogP contribution in [0.4, 0.5) is 0 Å². The first-order valence-corrected chi connectivity index (χ1v) is 19.9. The van der Waals surface area contributed by atoms with E-state index in [0.717, 1.165) is 25.9 Å². The number of fused-ring (bicyclic) bond motifs is 7. The van der Waals surface area contributed by atoms with Crippen molar-refractivity contribution >= 4 is 17.4 Å². The lowest BCUT2D eigenvalue weighted by Crippen LogP contribution is -2.66. The highest BCUT2D eigenvalue weighted by Crippen LogP contribution is 2.77. The quantitative estimate of drug-likeness (QED) is 0.227. The molecule has 4 saturated carbocycles. The molecule has 6 nitrogen and oxygen atoms in total. The van der Waals surface area contributed by atoms with Crippen LogP contribution in [0.25, 0.3) is 5.57 Å². The number of nitrogens with one attached hydrogen (secondary N) is 1. The molecule has 7 rings (SSSR count). The van der Waals surface area contributed by atoms with E-state index in [1.807, 2.05) is 17.0 Å². The third kappa shape index (κ3) is 5.39. The van der Waals surface area contributed by atoms with E-state index in [9.17, 15) is 19.8 Å². The molecule has 6 aliphatic rings. The lowest BCUT2D eigenvalue weighted by molar-refractivity contribution is -0.225. The molecule has 0 aromatic heterocycles. The van der Waals surface area contributed by atoms with Crippen molar-refractivity contribution in [2.24, 2.45) is 56.7 Å². The van der Waals surface area contributed by atoms with E-state index in [-0.39, 0.29) is 33.0 Å². The monoisotopic (exact) mass is 684 g/mol. The van der Waals surface area contributed by atoms with Crippen molar-refractivity contribution in [1.29, 1.82) is 0 Å². The summed E-state index contributed by atoms with van der Waals surface area (Å²) in [7, 11) is 0. The molecule has 5 aliphatic carbocycles. The molecule has 1 heterocycles. The lowest BCUT2D eigenvalue weighted by atomic mass is 9.32. The molecule has 1 aromatic rings. The molecular weight excluding hydrogens is 620 g/mol. The molecule has 10 unspecified atom stereocenters. The molecule has 1 aromatic carbocycles. The molecule has 50 heavy (non-hydrogen) atoms. The Morgan fingerprint density at radius 1 is 0.980 bits per heavy atom. The smallest absolute Gasteiger partial charge is 0.335 e. The second-order valence-corrected chi connectivity index (χ2v) is 19.2. The summed E-state index contributed by atoms with van der Waals surface area (Å²) in [6.45, 7) is 22.5. The standard InChI is InChI=1S/C44H64N2O4/c1-28(2)32-16-21-44(27-45-25-31(47)26-46-24-8-9-37(46)48)23-22-42(6)34(38(32)44)14-15-36-41(5)19-17-33(29-10-12-30(13-11-29)39(49)50)40(3,4)35(41)18-20-43(36,42)7/h10-13,17,31-32,34-36,38,45,47H,1,8-9,14-16,18-27H2,2-7H3,(H,49,50). The van der Waals surface area contributed by atoms with Gasteiger partial charge in [0.15, 0.2) is 0 Å². The number of aliphatic hydroxyl groups excluding tert-OH is 1. The van der Waals surface area contributed by atoms with Gasteiger partial charge in [-0.1, -0.05) is 65.0 Å². The van der Waals surface area contributed by atoms with Gasteiger partial charge in [0.25, 0.3) is 0 Å². The fourth-order valence-corrected chi connectivity index (χ4v) is 14.2. The van der Waals surface area contributed by atoms with Crippen LogP contribution in [-0.2, 0) is 4.79 Å². The molecule has 1 aliphatic heterocycles. The predicted octanol–water partition coefficient (Wildman–Crippen LogP) is 8.61. The fraction of sp³-hybridized carbons (Fsp3) is 0.727. The summed E-state index contributed by atoms with van der Waals surface area (Å²) in [5, 5.41) is 24.2. The second kappa shape index (κ2) is 12.6. The zero-order valence-electron chi connectivity index (χ0n) is 31.8. The SMILES string of the molecule is C=C(C)C1CCC2(CNCC(O)CN3CCCC3=O)CCC3(C)C(CCC4C5(C)CC=C(c6ccc(C(=O)O)cc6)C(C)(C)C5CCC43C)C12. The molecule has 3 N–H and O–H groups in total. The van der Waals surface area contributed by atoms with Gasteiger partial charge in [-0.2, -0.15) is 0 Å². The molecule has 1 saturated heterocycles. The van der Waals surface area contributed by atoms with Crippen LogP contribution in [0.15, 0.2) is 42.5 Å². The summed E-state index contributed by atoms with van der Waals surface area (Å²) in [6.07, 6.45) is 14.7. The summed E-state index contributed by atoms with van der Waals surface area (Å²) in [4.78, 5) is 25.6. The van der Waals surface area contributed by atoms with Crippen LogP contribution in [0.2, 0.25) is 0 Å². The summed E-state index contributed by atoms with van der Waals surface area (Å²) in [6, 6.07) is 7.58. The fourth-order valence-electron chi connectivity index (χ4n) is 14.2. The van der Waals surface area contributed by atoms with Crippen LogP contribution in [-0.4, -0.2) is 59.3 Å². The number of amides is 1. The number of allylic oxidation sites excluding steroid dienone is 3. The molecule has 10 atom stereocenters. The first-order valence-electron chi connectivity index (χ1n) is 19.9. The van der Waals surface area contributed by atoms with Crippen molar-refractivity contribution in [3.05, 3.63) is 53.6 Å². The van der Waals surface area contributed by atoms with Crippen LogP contribution in [0.5, 0.6) is 0 Å². The highest BCUT2D eigenvalue weighted by Gasteiger charge is 2.70. The molecule has 6 heteroatoms. The number of carbonyl (C=O) groups excluding carboxylic acids is 1. The second-order valence-electron chi connectivity index (χ2n) is 19.2. The Balaban J connectivity index is 1.13. The Hall–Kier alpha value is -2.44.